The molecule has 8 heteroatoms. The van der Waals surface area contributed by atoms with Gasteiger partial charge in [0.25, 0.3) is 5.84 Å². The maximum absolute atomic E-state index is 4.73. The highest BCUT2D eigenvalue weighted by Crippen LogP contribution is 2.13. The van der Waals surface area contributed by atoms with Crippen LogP contribution < -0.4 is 10.1 Å². The number of benzene rings is 4. The molecule has 0 saturated heterocycles. The second-order valence-electron chi connectivity index (χ2n) is 7.23. The summed E-state index contributed by atoms with van der Waals surface area (Å²) in [5.74, 6) is 0.705. The van der Waals surface area contributed by atoms with Gasteiger partial charge >= 0.3 is 5.82 Å². The van der Waals surface area contributed by atoms with Gasteiger partial charge in [0.05, 0.1) is 21.7 Å². The van der Waals surface area contributed by atoms with E-state index in [1.807, 2.05) is 121 Å². The summed E-state index contributed by atoms with van der Waals surface area (Å²) in [5.41, 5.74) is 6.21. The van der Waals surface area contributed by atoms with Gasteiger partial charge in [-0.3, -0.25) is 5.43 Å². The van der Waals surface area contributed by atoms with E-state index in [1.165, 1.54) is 0 Å². The third-order valence-electron chi connectivity index (χ3n) is 4.83. The van der Waals surface area contributed by atoms with Gasteiger partial charge < -0.3 is 0 Å². The van der Waals surface area contributed by atoms with E-state index >= 15 is 0 Å². The Morgan fingerprint density at radius 2 is 1.29 bits per heavy atom. The smallest absolute Gasteiger partial charge is 0.276 e. The number of hydrogen-bond donors (Lipinski definition) is 1. The fourth-order valence-corrected chi connectivity index (χ4v) is 3.18. The van der Waals surface area contributed by atoms with Crippen LogP contribution in [0.15, 0.2) is 137 Å². The van der Waals surface area contributed by atoms with Gasteiger partial charge in [0.1, 0.15) is 5.69 Å². The normalized spacial score (nSPS) is 11.6. The molecule has 4 aromatic carbocycles. The van der Waals surface area contributed by atoms with Gasteiger partial charge in [-0.1, -0.05) is 77.5 Å². The number of nitrogens with zero attached hydrogens (tertiary/aromatic N) is 7. The molecule has 0 bridgehead atoms. The summed E-state index contributed by atoms with van der Waals surface area (Å²) in [5, 5.41) is 22.8. The topological polar surface area (TPSA) is 83.7 Å². The Morgan fingerprint density at radius 3 is 1.97 bits per heavy atom. The van der Waals surface area contributed by atoms with Crippen LogP contribution in [0.4, 0.5) is 11.4 Å². The highest BCUT2D eigenvalue weighted by atomic mass is 15.6. The number of tetrazole rings is 1. The molecule has 0 fully saturated rings. The fourth-order valence-electron chi connectivity index (χ4n) is 3.18. The van der Waals surface area contributed by atoms with Crippen molar-refractivity contribution in [3.63, 3.8) is 0 Å². The average Bonchev–Trinajstić information content (AvgIpc) is 3.36. The molecule has 1 heterocycles. The Labute approximate surface area is 196 Å². The predicted molar refractivity (Wildman–Crippen MR) is 130 cm³/mol. The summed E-state index contributed by atoms with van der Waals surface area (Å²) >= 11 is 0. The van der Waals surface area contributed by atoms with Crippen LogP contribution >= 0.6 is 0 Å². The van der Waals surface area contributed by atoms with E-state index in [2.05, 4.69) is 20.8 Å². The lowest BCUT2D eigenvalue weighted by molar-refractivity contribution is -0.663. The van der Waals surface area contributed by atoms with Crippen molar-refractivity contribution in [3.05, 3.63) is 127 Å². The summed E-state index contributed by atoms with van der Waals surface area (Å²) < 4.78 is 1.70. The zero-order chi connectivity index (χ0) is 23.0. The Kier molecular flexibility index (Phi) is 6.20. The SMILES string of the molecule is c1ccc(N=N/C(=N\Nc2ccccc2)c2nn(-c3ccccc3)n[n+]2-c2ccccc2)cc1. The first kappa shape index (κ1) is 20.9. The Bertz CT molecular complexity index is 1400. The molecule has 34 heavy (non-hydrogen) atoms. The quantitative estimate of drug-likeness (QED) is 0.130. The summed E-state index contributed by atoms with van der Waals surface area (Å²) in [7, 11) is 0. The zero-order valence-corrected chi connectivity index (χ0v) is 18.2. The van der Waals surface area contributed by atoms with Crippen LogP contribution in [0.2, 0.25) is 0 Å². The van der Waals surface area contributed by atoms with Crippen LogP contribution in [-0.2, 0) is 0 Å². The standard InChI is InChI=1S/C26H21N8/c1-5-13-21(14-6-1)27-29-25(30-28-22-15-7-2-8-16-22)26-31-34(24-19-11-4-12-20-24)32-33(26)23-17-9-3-10-18-23/h1-20,27H/q+1/b29-25-,30-28?. The first-order valence-electron chi connectivity index (χ1n) is 10.7. The lowest BCUT2D eigenvalue weighted by atomic mass is 10.3. The molecule has 0 atom stereocenters. The number of anilines is 1. The average molecular weight is 446 g/mol. The van der Waals surface area contributed by atoms with Crippen LogP contribution in [0.1, 0.15) is 5.82 Å². The predicted octanol–water partition coefficient (Wildman–Crippen LogP) is 5.10. The molecule has 0 unspecified atom stereocenters. The molecule has 5 aromatic rings. The van der Waals surface area contributed by atoms with E-state index in [0.717, 1.165) is 17.1 Å². The van der Waals surface area contributed by atoms with Gasteiger partial charge in [-0.25, -0.2) is 0 Å². The minimum Gasteiger partial charge on any atom is -0.276 e. The number of hydrazone groups is 1. The van der Waals surface area contributed by atoms with Crippen LogP contribution in [0.5, 0.6) is 0 Å². The van der Waals surface area contributed by atoms with Crippen molar-refractivity contribution >= 4 is 17.2 Å². The number of nitrogens with one attached hydrogen (secondary N) is 1. The highest BCUT2D eigenvalue weighted by molar-refractivity contribution is 5.95. The molecule has 1 aromatic heterocycles. The van der Waals surface area contributed by atoms with Crippen LogP contribution in [0.25, 0.3) is 11.4 Å². The van der Waals surface area contributed by atoms with E-state index < -0.39 is 0 Å². The molecule has 1 N–H and O–H groups in total. The van der Waals surface area contributed by atoms with Crippen molar-refractivity contribution in [2.24, 2.45) is 15.3 Å². The van der Waals surface area contributed by atoms with Crippen LogP contribution in [-0.4, -0.2) is 20.9 Å². The van der Waals surface area contributed by atoms with Crippen molar-refractivity contribution in [1.82, 2.24) is 15.1 Å². The summed E-state index contributed by atoms with van der Waals surface area (Å²) in [4.78, 5) is 1.55. The second kappa shape index (κ2) is 10.1. The molecular formula is C26H21N8+. The highest BCUT2D eigenvalue weighted by Gasteiger charge is 2.27. The molecule has 0 aliphatic carbocycles. The van der Waals surface area contributed by atoms with Gasteiger partial charge in [-0.2, -0.15) is 0 Å². The first-order valence-corrected chi connectivity index (χ1v) is 10.7. The van der Waals surface area contributed by atoms with Crippen molar-refractivity contribution in [2.75, 3.05) is 5.43 Å². The molecule has 0 saturated carbocycles. The number of rotatable bonds is 6. The largest absolute Gasteiger partial charge is 0.376 e. The summed E-state index contributed by atoms with van der Waals surface area (Å²) in [6, 6.07) is 38.6. The van der Waals surface area contributed by atoms with Gasteiger partial charge in [0.2, 0.25) is 0 Å². The minimum absolute atomic E-state index is 0.277. The lowest BCUT2D eigenvalue weighted by Gasteiger charge is -2.01. The van der Waals surface area contributed by atoms with Crippen molar-refractivity contribution < 1.29 is 4.68 Å². The van der Waals surface area contributed by atoms with Crippen molar-refractivity contribution in [2.45, 2.75) is 0 Å². The number of aromatic nitrogens is 4. The Balaban J connectivity index is 1.63. The van der Waals surface area contributed by atoms with Crippen LogP contribution in [0, 0.1) is 0 Å². The molecule has 0 spiro atoms. The Hall–Kier alpha value is -4.98. The number of azo groups is 1. The molecule has 0 aliphatic rings. The Morgan fingerprint density at radius 1 is 0.706 bits per heavy atom. The summed E-state index contributed by atoms with van der Waals surface area (Å²) in [6.07, 6.45) is 0. The molecule has 164 valence electrons. The third-order valence-corrected chi connectivity index (χ3v) is 4.83. The van der Waals surface area contributed by atoms with Gasteiger partial charge in [-0.15, -0.1) is 15.3 Å². The molecule has 0 aliphatic heterocycles. The number of amidine groups is 1. The third kappa shape index (κ3) is 4.91. The number of hydrogen-bond acceptors (Lipinski definition) is 5. The number of para-hydroxylation sites is 3. The molecule has 0 radical (unpaired) electrons. The maximum atomic E-state index is 4.73. The van der Waals surface area contributed by atoms with E-state index in [-0.39, 0.29) is 5.84 Å². The van der Waals surface area contributed by atoms with E-state index in [1.54, 1.807) is 9.48 Å². The van der Waals surface area contributed by atoms with E-state index in [0.29, 0.717) is 11.5 Å². The second-order valence-corrected chi connectivity index (χ2v) is 7.23. The monoisotopic (exact) mass is 445 g/mol. The van der Waals surface area contributed by atoms with Crippen molar-refractivity contribution in [3.8, 4) is 11.4 Å². The summed E-state index contributed by atoms with van der Waals surface area (Å²) in [6.45, 7) is 0. The van der Waals surface area contributed by atoms with Crippen molar-refractivity contribution in [1.29, 1.82) is 0 Å². The molecule has 0 amide bonds. The lowest BCUT2D eigenvalue weighted by Crippen LogP contribution is -2.39. The van der Waals surface area contributed by atoms with E-state index in [9.17, 15) is 0 Å². The maximum Gasteiger partial charge on any atom is 0.376 e. The van der Waals surface area contributed by atoms with Gasteiger partial charge in [0.15, 0.2) is 5.69 Å². The fraction of sp³-hybridized carbons (Fsp3) is 0. The van der Waals surface area contributed by atoms with E-state index in [4.69, 9.17) is 10.3 Å². The minimum atomic E-state index is 0.277. The molecule has 5 rings (SSSR count). The van der Waals surface area contributed by atoms with Gasteiger partial charge in [0, 0.05) is 4.80 Å². The van der Waals surface area contributed by atoms with Crippen LogP contribution in [0.3, 0.4) is 0 Å². The molecule has 8 nitrogen and oxygen atoms in total. The molecular weight excluding hydrogens is 424 g/mol. The van der Waals surface area contributed by atoms with Gasteiger partial charge in [-0.05, 0) is 48.5 Å². The zero-order valence-electron chi connectivity index (χ0n) is 18.2. The first-order chi connectivity index (χ1) is 16.9.